The maximum atomic E-state index is 12.6. The molecule has 0 radical (unpaired) electrons. The van der Waals surface area contributed by atoms with Crippen molar-refractivity contribution >= 4 is 31.6 Å². The van der Waals surface area contributed by atoms with Crippen molar-refractivity contribution in [2.45, 2.75) is 30.7 Å². The van der Waals surface area contributed by atoms with Gasteiger partial charge in [-0.15, -0.1) is 0 Å². The van der Waals surface area contributed by atoms with Crippen LogP contribution in [-0.4, -0.2) is 37.0 Å². The summed E-state index contributed by atoms with van der Waals surface area (Å²) in [4.78, 5) is 0.216. The summed E-state index contributed by atoms with van der Waals surface area (Å²) in [6, 6.07) is 2.85. The van der Waals surface area contributed by atoms with Crippen LogP contribution in [0.5, 0.6) is 0 Å². The van der Waals surface area contributed by atoms with Crippen LogP contribution in [0.25, 0.3) is 0 Å². The monoisotopic (exact) mass is 348 g/mol. The number of sulfonamides is 1. The molecule has 19 heavy (non-hydrogen) atoms. The first-order valence-electron chi connectivity index (χ1n) is 6.06. The van der Waals surface area contributed by atoms with Gasteiger partial charge in [-0.05, 0) is 53.4 Å². The number of halogens is 1. The van der Waals surface area contributed by atoms with Gasteiger partial charge in [0, 0.05) is 22.7 Å². The van der Waals surface area contributed by atoms with Gasteiger partial charge in [0.25, 0.3) is 0 Å². The summed E-state index contributed by atoms with van der Waals surface area (Å²) in [6.45, 7) is 2.04. The van der Waals surface area contributed by atoms with Gasteiger partial charge in [-0.1, -0.05) is 0 Å². The highest BCUT2D eigenvalue weighted by Crippen LogP contribution is 2.31. The Morgan fingerprint density at radius 2 is 2.21 bits per heavy atom. The first kappa shape index (κ1) is 14.8. The SMILES string of the molecule is Cc1cc(Br)c(N)cc1S(=O)(=O)N1CCC[C@@H]1CO. The summed E-state index contributed by atoms with van der Waals surface area (Å²) in [7, 11) is -3.60. The number of aliphatic hydroxyl groups is 1. The second-order valence-corrected chi connectivity index (χ2v) is 7.45. The molecule has 1 aromatic carbocycles. The van der Waals surface area contributed by atoms with Crippen molar-refractivity contribution in [2.75, 3.05) is 18.9 Å². The van der Waals surface area contributed by atoms with E-state index < -0.39 is 10.0 Å². The average Bonchev–Trinajstić information content (AvgIpc) is 2.82. The summed E-state index contributed by atoms with van der Waals surface area (Å²) in [6.07, 6.45) is 1.47. The molecule has 1 aromatic rings. The minimum Gasteiger partial charge on any atom is -0.398 e. The number of benzene rings is 1. The summed E-state index contributed by atoms with van der Waals surface area (Å²) < 4.78 is 27.3. The molecule has 5 nitrogen and oxygen atoms in total. The third kappa shape index (κ3) is 2.65. The lowest BCUT2D eigenvalue weighted by Gasteiger charge is -2.23. The number of rotatable bonds is 3. The predicted octanol–water partition coefficient (Wildman–Crippen LogP) is 1.49. The third-order valence-corrected chi connectivity index (χ3v) is 6.20. The molecule has 0 aliphatic carbocycles. The van der Waals surface area contributed by atoms with E-state index in [1.165, 1.54) is 10.4 Å². The summed E-state index contributed by atoms with van der Waals surface area (Å²) in [5, 5.41) is 9.28. The predicted molar refractivity (Wildman–Crippen MR) is 77.3 cm³/mol. The Bertz CT molecular complexity index is 589. The lowest BCUT2D eigenvalue weighted by atomic mass is 10.2. The number of nitrogens with two attached hydrogens (primary N) is 1. The number of anilines is 1. The van der Waals surface area contributed by atoms with Crippen molar-refractivity contribution in [1.82, 2.24) is 4.31 Å². The highest BCUT2D eigenvalue weighted by atomic mass is 79.9. The van der Waals surface area contributed by atoms with Gasteiger partial charge in [0.1, 0.15) is 0 Å². The van der Waals surface area contributed by atoms with Crippen LogP contribution in [0.3, 0.4) is 0 Å². The van der Waals surface area contributed by atoms with E-state index in [1.807, 2.05) is 0 Å². The van der Waals surface area contributed by atoms with Gasteiger partial charge in [-0.2, -0.15) is 4.31 Å². The molecule has 3 N–H and O–H groups in total. The van der Waals surface area contributed by atoms with Gasteiger partial charge in [-0.3, -0.25) is 0 Å². The van der Waals surface area contributed by atoms with Crippen LogP contribution < -0.4 is 5.73 Å². The van der Waals surface area contributed by atoms with Crippen LogP contribution in [0.2, 0.25) is 0 Å². The molecule has 0 saturated carbocycles. The summed E-state index contributed by atoms with van der Waals surface area (Å²) in [5.41, 5.74) is 6.81. The fraction of sp³-hybridized carbons (Fsp3) is 0.500. The van der Waals surface area contributed by atoms with Crippen LogP contribution >= 0.6 is 15.9 Å². The Hall–Kier alpha value is -0.630. The van der Waals surface area contributed by atoms with Crippen molar-refractivity contribution in [3.8, 4) is 0 Å². The second kappa shape index (κ2) is 5.40. The highest BCUT2D eigenvalue weighted by molar-refractivity contribution is 9.10. The minimum absolute atomic E-state index is 0.149. The third-order valence-electron chi connectivity index (χ3n) is 3.41. The van der Waals surface area contributed by atoms with Gasteiger partial charge in [0.15, 0.2) is 0 Å². The molecule has 1 fully saturated rings. The fourth-order valence-electron chi connectivity index (χ4n) is 2.38. The molecular weight excluding hydrogens is 332 g/mol. The molecule has 1 aliphatic heterocycles. The molecule has 0 spiro atoms. The van der Waals surface area contributed by atoms with Crippen LogP contribution in [0.4, 0.5) is 5.69 Å². The number of nitrogens with zero attached hydrogens (tertiary/aromatic N) is 1. The summed E-state index contributed by atoms with van der Waals surface area (Å²) >= 11 is 3.28. The Balaban J connectivity index is 2.48. The van der Waals surface area contributed by atoms with Gasteiger partial charge in [0.2, 0.25) is 10.0 Å². The standard InChI is InChI=1S/C12H17BrN2O3S/c1-8-5-10(13)11(14)6-12(8)19(17,18)15-4-2-3-9(15)7-16/h5-6,9,16H,2-4,7,14H2,1H3/t9-/m1/s1. The maximum absolute atomic E-state index is 12.6. The van der Waals surface area contributed by atoms with Crippen LogP contribution in [-0.2, 0) is 10.0 Å². The Labute approximate surface area is 121 Å². The van der Waals surface area contributed by atoms with Gasteiger partial charge in [-0.25, -0.2) is 8.42 Å². The molecular formula is C12H17BrN2O3S. The average molecular weight is 349 g/mol. The molecule has 106 valence electrons. The van der Waals surface area contributed by atoms with Crippen molar-refractivity contribution in [3.63, 3.8) is 0 Å². The molecule has 1 atom stereocenters. The molecule has 0 amide bonds. The number of hydrogen-bond donors (Lipinski definition) is 2. The molecule has 1 saturated heterocycles. The molecule has 1 aliphatic rings. The highest BCUT2D eigenvalue weighted by Gasteiger charge is 2.35. The van der Waals surface area contributed by atoms with Gasteiger partial charge >= 0.3 is 0 Å². The molecule has 2 rings (SSSR count). The maximum Gasteiger partial charge on any atom is 0.243 e. The first-order valence-corrected chi connectivity index (χ1v) is 8.29. The first-order chi connectivity index (χ1) is 8.87. The molecule has 1 heterocycles. The number of aryl methyl sites for hydroxylation is 1. The van der Waals surface area contributed by atoms with Crippen molar-refractivity contribution in [1.29, 1.82) is 0 Å². The topological polar surface area (TPSA) is 83.6 Å². The van der Waals surface area contributed by atoms with E-state index in [9.17, 15) is 13.5 Å². The molecule has 0 aromatic heterocycles. The summed E-state index contributed by atoms with van der Waals surface area (Å²) in [5.74, 6) is 0. The minimum atomic E-state index is -3.60. The number of hydrogen-bond acceptors (Lipinski definition) is 4. The van der Waals surface area contributed by atoms with Crippen LogP contribution in [0.1, 0.15) is 18.4 Å². The molecule has 0 bridgehead atoms. The van der Waals surface area contributed by atoms with E-state index >= 15 is 0 Å². The molecule has 7 heteroatoms. The Kier molecular flexibility index (Phi) is 4.20. The fourth-order valence-corrected chi connectivity index (χ4v) is 4.77. The van der Waals surface area contributed by atoms with Crippen LogP contribution in [0, 0.1) is 6.92 Å². The Morgan fingerprint density at radius 3 is 2.84 bits per heavy atom. The second-order valence-electron chi connectivity index (χ2n) is 4.73. The van der Waals surface area contributed by atoms with E-state index in [-0.39, 0.29) is 17.5 Å². The van der Waals surface area contributed by atoms with Crippen molar-refractivity contribution < 1.29 is 13.5 Å². The van der Waals surface area contributed by atoms with E-state index in [1.54, 1.807) is 13.0 Å². The number of nitrogen functional groups attached to an aromatic ring is 1. The van der Waals surface area contributed by atoms with Gasteiger partial charge < -0.3 is 10.8 Å². The zero-order valence-corrected chi connectivity index (χ0v) is 13.0. The van der Waals surface area contributed by atoms with Crippen molar-refractivity contribution in [2.24, 2.45) is 0 Å². The number of aliphatic hydroxyl groups excluding tert-OH is 1. The van der Waals surface area contributed by atoms with E-state index in [4.69, 9.17) is 5.73 Å². The smallest absolute Gasteiger partial charge is 0.243 e. The van der Waals surface area contributed by atoms with Gasteiger partial charge in [0.05, 0.1) is 11.5 Å². The zero-order valence-electron chi connectivity index (χ0n) is 10.6. The van der Waals surface area contributed by atoms with Crippen molar-refractivity contribution in [3.05, 3.63) is 22.2 Å². The Morgan fingerprint density at radius 1 is 1.53 bits per heavy atom. The molecule has 0 unspecified atom stereocenters. The normalized spacial score (nSPS) is 20.9. The zero-order chi connectivity index (χ0) is 14.2. The van der Waals surface area contributed by atoms with E-state index in [0.717, 1.165) is 6.42 Å². The quantitative estimate of drug-likeness (QED) is 0.810. The van der Waals surface area contributed by atoms with Crippen LogP contribution in [0.15, 0.2) is 21.5 Å². The lowest BCUT2D eigenvalue weighted by molar-refractivity contribution is 0.213. The lowest BCUT2D eigenvalue weighted by Crippen LogP contribution is -2.37. The van der Waals surface area contributed by atoms with E-state index in [2.05, 4.69) is 15.9 Å². The largest absolute Gasteiger partial charge is 0.398 e. The van der Waals surface area contributed by atoms with E-state index in [0.29, 0.717) is 28.7 Å².